The normalized spacial score (nSPS) is 13.4. The molecule has 0 fully saturated rings. The first-order valence-corrected chi connectivity index (χ1v) is 9.87. The van der Waals surface area contributed by atoms with Crippen molar-refractivity contribution in [3.63, 3.8) is 0 Å². The maximum Gasteiger partial charge on any atom is 0.227 e. The maximum atomic E-state index is 5.33. The standard InChI is InChI=1S/C23H26N4O3/c1-28-19-6-4-16(5-7-19)14-27-9-8-22-17(15-27)13-24-23(26-22)25-18-10-20(29-2)12-21(11-18)30-3/h4-7,10-13H,8-9,14-15H2,1-3H3,(H,24,25,26). The van der Waals surface area contributed by atoms with Crippen LogP contribution >= 0.6 is 0 Å². The van der Waals surface area contributed by atoms with Crippen molar-refractivity contribution in [1.29, 1.82) is 0 Å². The smallest absolute Gasteiger partial charge is 0.227 e. The number of anilines is 2. The highest BCUT2D eigenvalue weighted by Crippen LogP contribution is 2.28. The number of nitrogens with one attached hydrogen (secondary N) is 1. The second-order valence-electron chi connectivity index (χ2n) is 7.20. The van der Waals surface area contributed by atoms with Crippen LogP contribution in [-0.4, -0.2) is 42.7 Å². The fourth-order valence-electron chi connectivity index (χ4n) is 3.57. The summed E-state index contributed by atoms with van der Waals surface area (Å²) in [4.78, 5) is 11.7. The molecule has 0 atom stereocenters. The van der Waals surface area contributed by atoms with Crippen LogP contribution in [0.25, 0.3) is 0 Å². The van der Waals surface area contributed by atoms with Crippen molar-refractivity contribution in [2.45, 2.75) is 19.5 Å². The maximum absolute atomic E-state index is 5.33. The minimum atomic E-state index is 0.577. The highest BCUT2D eigenvalue weighted by molar-refractivity contribution is 5.59. The lowest BCUT2D eigenvalue weighted by molar-refractivity contribution is 0.243. The fourth-order valence-corrected chi connectivity index (χ4v) is 3.57. The molecule has 4 rings (SSSR count). The Hall–Kier alpha value is -3.32. The topological polar surface area (TPSA) is 68.7 Å². The van der Waals surface area contributed by atoms with Gasteiger partial charge in [0.05, 0.1) is 27.0 Å². The first kappa shape index (κ1) is 20.0. The molecule has 1 aliphatic heterocycles. The zero-order valence-corrected chi connectivity index (χ0v) is 17.5. The van der Waals surface area contributed by atoms with E-state index in [0.29, 0.717) is 17.4 Å². The van der Waals surface area contributed by atoms with Crippen LogP contribution in [0.3, 0.4) is 0 Å². The van der Waals surface area contributed by atoms with Crippen LogP contribution in [0.15, 0.2) is 48.7 Å². The van der Waals surface area contributed by atoms with Crippen LogP contribution in [-0.2, 0) is 19.5 Å². The van der Waals surface area contributed by atoms with Crippen molar-refractivity contribution in [2.24, 2.45) is 0 Å². The molecule has 0 aliphatic carbocycles. The first-order valence-electron chi connectivity index (χ1n) is 9.87. The molecule has 156 valence electrons. The minimum absolute atomic E-state index is 0.577. The molecule has 1 aliphatic rings. The minimum Gasteiger partial charge on any atom is -0.497 e. The number of fused-ring (bicyclic) bond motifs is 1. The lowest BCUT2D eigenvalue weighted by Gasteiger charge is -2.28. The molecule has 7 nitrogen and oxygen atoms in total. The van der Waals surface area contributed by atoms with Gasteiger partial charge in [0.2, 0.25) is 5.95 Å². The van der Waals surface area contributed by atoms with E-state index in [0.717, 1.165) is 43.2 Å². The Bertz CT molecular complexity index is 986. The Morgan fingerprint density at radius 3 is 2.30 bits per heavy atom. The molecule has 0 bridgehead atoms. The van der Waals surface area contributed by atoms with Gasteiger partial charge in [0.1, 0.15) is 17.2 Å². The van der Waals surface area contributed by atoms with Crippen LogP contribution in [0.2, 0.25) is 0 Å². The molecule has 2 heterocycles. The van der Waals surface area contributed by atoms with Crippen LogP contribution in [0.5, 0.6) is 17.2 Å². The monoisotopic (exact) mass is 406 g/mol. The molecule has 0 spiro atoms. The average Bonchev–Trinajstić information content (AvgIpc) is 2.79. The van der Waals surface area contributed by atoms with Gasteiger partial charge in [-0.3, -0.25) is 4.90 Å². The van der Waals surface area contributed by atoms with Crippen LogP contribution in [0, 0.1) is 0 Å². The van der Waals surface area contributed by atoms with Crippen molar-refractivity contribution in [1.82, 2.24) is 14.9 Å². The quantitative estimate of drug-likeness (QED) is 0.640. The molecular weight excluding hydrogens is 380 g/mol. The number of aromatic nitrogens is 2. The second-order valence-corrected chi connectivity index (χ2v) is 7.20. The second kappa shape index (κ2) is 9.00. The average molecular weight is 406 g/mol. The lowest BCUT2D eigenvalue weighted by Crippen LogP contribution is -2.31. The van der Waals surface area contributed by atoms with Gasteiger partial charge in [-0.25, -0.2) is 9.97 Å². The number of hydrogen-bond donors (Lipinski definition) is 1. The number of benzene rings is 2. The predicted molar refractivity (Wildman–Crippen MR) is 116 cm³/mol. The SMILES string of the molecule is COc1ccc(CN2CCc3nc(Nc4cc(OC)cc(OC)c4)ncc3C2)cc1. The molecule has 0 unspecified atom stereocenters. The van der Waals surface area contributed by atoms with Gasteiger partial charge in [0, 0.05) is 61.7 Å². The molecule has 0 saturated heterocycles. The van der Waals surface area contributed by atoms with E-state index in [4.69, 9.17) is 19.2 Å². The van der Waals surface area contributed by atoms with Crippen molar-refractivity contribution >= 4 is 11.6 Å². The number of rotatable bonds is 7. The van der Waals surface area contributed by atoms with E-state index in [1.807, 2.05) is 36.5 Å². The first-order chi connectivity index (χ1) is 14.7. The van der Waals surface area contributed by atoms with Crippen LogP contribution in [0.1, 0.15) is 16.8 Å². The highest BCUT2D eigenvalue weighted by atomic mass is 16.5. The third-order valence-electron chi connectivity index (χ3n) is 5.19. The molecule has 0 amide bonds. The number of nitrogens with zero attached hydrogens (tertiary/aromatic N) is 3. The largest absolute Gasteiger partial charge is 0.497 e. The molecule has 30 heavy (non-hydrogen) atoms. The Morgan fingerprint density at radius 1 is 0.933 bits per heavy atom. The van der Waals surface area contributed by atoms with Gasteiger partial charge < -0.3 is 19.5 Å². The number of hydrogen-bond acceptors (Lipinski definition) is 7. The third-order valence-corrected chi connectivity index (χ3v) is 5.19. The van der Waals surface area contributed by atoms with Gasteiger partial charge in [-0.2, -0.15) is 0 Å². The Morgan fingerprint density at radius 2 is 1.63 bits per heavy atom. The van der Waals surface area contributed by atoms with E-state index in [1.54, 1.807) is 21.3 Å². The summed E-state index contributed by atoms with van der Waals surface area (Å²) >= 11 is 0. The molecule has 3 aromatic rings. The van der Waals surface area contributed by atoms with E-state index in [9.17, 15) is 0 Å². The molecule has 2 aromatic carbocycles. The molecule has 0 saturated carbocycles. The van der Waals surface area contributed by atoms with Crippen LogP contribution < -0.4 is 19.5 Å². The number of methoxy groups -OCH3 is 3. The zero-order chi connectivity index (χ0) is 20.9. The summed E-state index contributed by atoms with van der Waals surface area (Å²) in [5, 5.41) is 3.26. The molecule has 1 aromatic heterocycles. The summed E-state index contributed by atoms with van der Waals surface area (Å²) in [6, 6.07) is 13.8. The Labute approximate surface area is 176 Å². The zero-order valence-electron chi connectivity index (χ0n) is 17.5. The van der Waals surface area contributed by atoms with Crippen molar-refractivity contribution in [2.75, 3.05) is 33.2 Å². The third kappa shape index (κ3) is 4.63. The predicted octanol–water partition coefficient (Wildman–Crippen LogP) is 3.80. The van der Waals surface area contributed by atoms with Gasteiger partial charge in [-0.1, -0.05) is 12.1 Å². The summed E-state index contributed by atoms with van der Waals surface area (Å²) in [7, 11) is 4.95. The summed E-state index contributed by atoms with van der Waals surface area (Å²) < 4.78 is 15.9. The van der Waals surface area contributed by atoms with E-state index in [1.165, 1.54) is 11.1 Å². The van der Waals surface area contributed by atoms with Gasteiger partial charge in [0.25, 0.3) is 0 Å². The fraction of sp³-hybridized carbons (Fsp3) is 0.304. The lowest BCUT2D eigenvalue weighted by atomic mass is 10.1. The van der Waals surface area contributed by atoms with E-state index >= 15 is 0 Å². The van der Waals surface area contributed by atoms with E-state index < -0.39 is 0 Å². The summed E-state index contributed by atoms with van der Waals surface area (Å²) in [5.41, 5.74) is 4.35. The molecular formula is C23H26N4O3. The van der Waals surface area contributed by atoms with E-state index in [2.05, 4.69) is 27.3 Å². The van der Waals surface area contributed by atoms with Gasteiger partial charge in [-0.05, 0) is 17.7 Å². The van der Waals surface area contributed by atoms with Crippen LogP contribution in [0.4, 0.5) is 11.6 Å². The summed E-state index contributed by atoms with van der Waals surface area (Å²) in [6.07, 6.45) is 2.81. The van der Waals surface area contributed by atoms with Crippen molar-refractivity contribution < 1.29 is 14.2 Å². The van der Waals surface area contributed by atoms with Gasteiger partial charge in [-0.15, -0.1) is 0 Å². The highest BCUT2D eigenvalue weighted by Gasteiger charge is 2.19. The molecule has 7 heteroatoms. The molecule has 1 N–H and O–H groups in total. The Kier molecular flexibility index (Phi) is 5.99. The van der Waals surface area contributed by atoms with Gasteiger partial charge >= 0.3 is 0 Å². The summed E-state index contributed by atoms with van der Waals surface area (Å²) in [6.45, 7) is 2.70. The van der Waals surface area contributed by atoms with Crippen molar-refractivity contribution in [3.05, 3.63) is 65.5 Å². The molecule has 0 radical (unpaired) electrons. The van der Waals surface area contributed by atoms with Gasteiger partial charge in [0.15, 0.2) is 0 Å². The van der Waals surface area contributed by atoms with Crippen molar-refractivity contribution in [3.8, 4) is 17.2 Å². The number of ether oxygens (including phenoxy) is 3. The Balaban J connectivity index is 1.44. The summed E-state index contributed by atoms with van der Waals surface area (Å²) in [5.74, 6) is 2.88. The van der Waals surface area contributed by atoms with E-state index in [-0.39, 0.29) is 0 Å².